The predicted octanol–water partition coefficient (Wildman–Crippen LogP) is 2.75. The summed E-state index contributed by atoms with van der Waals surface area (Å²) in [5.41, 5.74) is 0.789. The first-order chi connectivity index (χ1) is 8.04. The summed E-state index contributed by atoms with van der Waals surface area (Å²) in [5.74, 6) is 0.443. The third kappa shape index (κ3) is 3.71. The van der Waals surface area contributed by atoms with Gasteiger partial charge in [-0.05, 0) is 19.1 Å². The molecule has 90 valence electrons. The van der Waals surface area contributed by atoms with Crippen LogP contribution in [0.3, 0.4) is 0 Å². The first kappa shape index (κ1) is 12.9. The number of aldehydes is 1. The maximum Gasteiger partial charge on any atom is 0.280 e. The van der Waals surface area contributed by atoms with E-state index < -0.39 is 4.92 Å². The zero-order valence-corrected chi connectivity index (χ0v) is 9.51. The van der Waals surface area contributed by atoms with Crippen LogP contribution in [0.5, 0.6) is 5.75 Å². The number of nitro groups is 1. The molecular formula is C12H13NO4. The summed E-state index contributed by atoms with van der Waals surface area (Å²) >= 11 is 0. The third-order valence-corrected chi connectivity index (χ3v) is 2.12. The number of hydrogen-bond donors (Lipinski definition) is 0. The Morgan fingerprint density at radius 2 is 2.29 bits per heavy atom. The molecule has 5 nitrogen and oxygen atoms in total. The van der Waals surface area contributed by atoms with Crippen molar-refractivity contribution in [3.05, 3.63) is 46.0 Å². The van der Waals surface area contributed by atoms with Gasteiger partial charge in [0.05, 0.1) is 17.1 Å². The van der Waals surface area contributed by atoms with E-state index in [4.69, 9.17) is 4.74 Å². The average Bonchev–Trinajstić information content (AvgIpc) is 2.28. The molecule has 0 atom stereocenters. The Labute approximate surface area is 98.9 Å². The molecule has 1 rings (SSSR count). The molecule has 0 aliphatic heterocycles. The molecule has 0 amide bonds. The number of benzene rings is 1. The molecule has 0 N–H and O–H groups in total. The third-order valence-electron chi connectivity index (χ3n) is 2.12. The summed E-state index contributed by atoms with van der Waals surface area (Å²) in [6, 6.07) is 4.10. The van der Waals surface area contributed by atoms with Gasteiger partial charge in [-0.25, -0.2) is 0 Å². The normalized spacial score (nSPS) is 9.71. The van der Waals surface area contributed by atoms with E-state index in [1.165, 1.54) is 18.2 Å². The molecule has 0 heterocycles. The molecule has 0 unspecified atom stereocenters. The fraction of sp³-hybridized carbons (Fsp3) is 0.250. The van der Waals surface area contributed by atoms with Gasteiger partial charge >= 0.3 is 0 Å². The van der Waals surface area contributed by atoms with Crippen molar-refractivity contribution in [3.8, 4) is 5.75 Å². The average molecular weight is 235 g/mol. The first-order valence-corrected chi connectivity index (χ1v) is 5.05. The molecule has 0 aromatic heterocycles. The van der Waals surface area contributed by atoms with Crippen LogP contribution in [-0.2, 0) is 0 Å². The fourth-order valence-electron chi connectivity index (χ4n) is 1.23. The van der Waals surface area contributed by atoms with Gasteiger partial charge in [0.2, 0.25) is 0 Å². The maximum atomic E-state index is 10.7. The lowest BCUT2D eigenvalue weighted by molar-refractivity contribution is -0.385. The number of carbonyl (C=O) groups is 1. The Bertz CT molecular complexity index is 454. The Hall–Kier alpha value is -2.17. The van der Waals surface area contributed by atoms with Crippen LogP contribution in [0.2, 0.25) is 0 Å². The van der Waals surface area contributed by atoms with Crippen molar-refractivity contribution in [1.29, 1.82) is 0 Å². The van der Waals surface area contributed by atoms with E-state index in [0.29, 0.717) is 25.1 Å². The lowest BCUT2D eigenvalue weighted by Gasteiger charge is -2.06. The van der Waals surface area contributed by atoms with Crippen LogP contribution in [0.4, 0.5) is 5.69 Å². The quantitative estimate of drug-likeness (QED) is 0.329. The largest absolute Gasteiger partial charge is 0.493 e. The molecule has 0 fully saturated rings. The molecule has 1 aromatic rings. The number of ether oxygens (including phenoxy) is 1. The summed E-state index contributed by atoms with van der Waals surface area (Å²) in [5, 5.41) is 10.6. The zero-order valence-electron chi connectivity index (χ0n) is 9.51. The second-order valence-electron chi connectivity index (χ2n) is 3.65. The highest BCUT2D eigenvalue weighted by Crippen LogP contribution is 2.22. The number of hydrogen-bond acceptors (Lipinski definition) is 4. The number of rotatable bonds is 6. The molecular weight excluding hydrogens is 222 g/mol. The minimum Gasteiger partial charge on any atom is -0.493 e. The minimum atomic E-state index is -0.596. The van der Waals surface area contributed by atoms with Crippen molar-refractivity contribution in [2.24, 2.45) is 0 Å². The second kappa shape index (κ2) is 5.79. The van der Waals surface area contributed by atoms with Crippen molar-refractivity contribution < 1.29 is 14.5 Å². The summed E-state index contributed by atoms with van der Waals surface area (Å²) in [4.78, 5) is 20.7. The van der Waals surface area contributed by atoms with Gasteiger partial charge in [-0.2, -0.15) is 0 Å². The Morgan fingerprint density at radius 1 is 1.59 bits per heavy atom. The Balaban J connectivity index is 2.79. The van der Waals surface area contributed by atoms with E-state index in [-0.39, 0.29) is 11.3 Å². The number of carbonyl (C=O) groups excluding carboxylic acids is 1. The lowest BCUT2D eigenvalue weighted by Crippen LogP contribution is -2.00. The van der Waals surface area contributed by atoms with Crippen molar-refractivity contribution in [3.63, 3.8) is 0 Å². The van der Waals surface area contributed by atoms with E-state index in [1.807, 2.05) is 6.92 Å². The fourth-order valence-corrected chi connectivity index (χ4v) is 1.23. The monoisotopic (exact) mass is 235 g/mol. The van der Waals surface area contributed by atoms with Crippen molar-refractivity contribution in [2.45, 2.75) is 13.3 Å². The first-order valence-electron chi connectivity index (χ1n) is 5.05. The maximum absolute atomic E-state index is 10.7. The molecule has 1 aromatic carbocycles. The summed E-state index contributed by atoms with van der Waals surface area (Å²) in [7, 11) is 0. The predicted molar refractivity (Wildman–Crippen MR) is 63.4 cm³/mol. The zero-order chi connectivity index (χ0) is 12.8. The van der Waals surface area contributed by atoms with Crippen LogP contribution in [0.15, 0.2) is 30.4 Å². The van der Waals surface area contributed by atoms with Crippen LogP contribution < -0.4 is 4.74 Å². The van der Waals surface area contributed by atoms with Gasteiger partial charge in [-0.15, -0.1) is 6.58 Å². The molecule has 0 saturated carbocycles. The van der Waals surface area contributed by atoms with Crippen molar-refractivity contribution in [1.82, 2.24) is 0 Å². The second-order valence-corrected chi connectivity index (χ2v) is 3.65. The van der Waals surface area contributed by atoms with E-state index in [9.17, 15) is 14.9 Å². The van der Waals surface area contributed by atoms with E-state index in [0.717, 1.165) is 5.57 Å². The molecule has 0 aliphatic carbocycles. The summed E-state index contributed by atoms with van der Waals surface area (Å²) < 4.78 is 5.35. The van der Waals surface area contributed by atoms with Gasteiger partial charge in [0.25, 0.3) is 5.69 Å². The number of nitrogens with zero attached hydrogens (tertiary/aromatic N) is 1. The van der Waals surface area contributed by atoms with Crippen LogP contribution in [0.25, 0.3) is 0 Å². The highest BCUT2D eigenvalue weighted by Gasteiger charge is 2.13. The smallest absolute Gasteiger partial charge is 0.280 e. The molecule has 0 saturated heterocycles. The van der Waals surface area contributed by atoms with Gasteiger partial charge in [-0.3, -0.25) is 14.9 Å². The minimum absolute atomic E-state index is 0.0165. The summed E-state index contributed by atoms with van der Waals surface area (Å²) in [6.07, 6.45) is 1.15. The van der Waals surface area contributed by atoms with E-state index in [2.05, 4.69) is 6.58 Å². The molecule has 0 bridgehead atoms. The van der Waals surface area contributed by atoms with Crippen LogP contribution in [0.1, 0.15) is 23.7 Å². The SMILES string of the molecule is C=C(C)CCOc1ccc([N+](=O)[O-])c(C=O)c1. The molecule has 0 aliphatic rings. The molecule has 0 radical (unpaired) electrons. The Morgan fingerprint density at radius 3 is 2.82 bits per heavy atom. The highest BCUT2D eigenvalue weighted by atomic mass is 16.6. The standard InChI is InChI=1S/C12H13NO4/c1-9(2)5-6-17-11-3-4-12(13(15)16)10(7-11)8-14/h3-4,7-8H,1,5-6H2,2H3. The van der Waals surface area contributed by atoms with Crippen LogP contribution >= 0.6 is 0 Å². The van der Waals surface area contributed by atoms with Gasteiger partial charge in [-0.1, -0.05) is 5.57 Å². The number of nitro benzene ring substituents is 1. The van der Waals surface area contributed by atoms with Gasteiger partial charge in [0, 0.05) is 12.5 Å². The van der Waals surface area contributed by atoms with Gasteiger partial charge in [0.1, 0.15) is 5.75 Å². The van der Waals surface area contributed by atoms with Crippen LogP contribution in [-0.4, -0.2) is 17.8 Å². The van der Waals surface area contributed by atoms with Gasteiger partial charge in [0.15, 0.2) is 6.29 Å². The van der Waals surface area contributed by atoms with E-state index >= 15 is 0 Å². The van der Waals surface area contributed by atoms with E-state index in [1.54, 1.807) is 0 Å². The van der Waals surface area contributed by atoms with Gasteiger partial charge < -0.3 is 4.74 Å². The van der Waals surface area contributed by atoms with Crippen molar-refractivity contribution in [2.75, 3.05) is 6.61 Å². The van der Waals surface area contributed by atoms with Crippen molar-refractivity contribution >= 4 is 12.0 Å². The molecule has 5 heteroatoms. The van der Waals surface area contributed by atoms with Crippen LogP contribution in [0, 0.1) is 10.1 Å². The topological polar surface area (TPSA) is 69.4 Å². The Kier molecular flexibility index (Phi) is 4.39. The summed E-state index contributed by atoms with van der Waals surface area (Å²) in [6.45, 7) is 6.05. The molecule has 17 heavy (non-hydrogen) atoms. The lowest BCUT2D eigenvalue weighted by atomic mass is 10.2. The molecule has 0 spiro atoms. The highest BCUT2D eigenvalue weighted by molar-refractivity contribution is 5.82.